The van der Waals surface area contributed by atoms with Gasteiger partial charge < -0.3 is 15.0 Å². The van der Waals surface area contributed by atoms with E-state index in [0.29, 0.717) is 0 Å². The van der Waals surface area contributed by atoms with Crippen LogP contribution in [0.2, 0.25) is 0 Å². The Kier molecular flexibility index (Phi) is 4.40. The lowest BCUT2D eigenvalue weighted by Gasteiger charge is -2.44. The SMILES string of the molecule is CC(C)(C)NCc1ccccc1N1CCOCC1(C)C. The van der Waals surface area contributed by atoms with Gasteiger partial charge in [-0.1, -0.05) is 18.2 Å². The maximum Gasteiger partial charge on any atom is 0.0694 e. The smallest absolute Gasteiger partial charge is 0.0694 e. The van der Waals surface area contributed by atoms with Crippen molar-refractivity contribution in [3.05, 3.63) is 29.8 Å². The Hall–Kier alpha value is -1.06. The highest BCUT2D eigenvalue weighted by Crippen LogP contribution is 2.30. The zero-order valence-corrected chi connectivity index (χ0v) is 13.5. The van der Waals surface area contributed by atoms with E-state index in [9.17, 15) is 0 Å². The van der Waals surface area contributed by atoms with E-state index in [4.69, 9.17) is 4.74 Å². The standard InChI is InChI=1S/C17H28N2O/c1-16(2,3)18-12-14-8-6-7-9-15(14)19-10-11-20-13-17(19,4)5/h6-9,18H,10-13H2,1-5H3. The second-order valence-electron chi connectivity index (χ2n) is 7.25. The fraction of sp³-hybridized carbons (Fsp3) is 0.647. The average Bonchev–Trinajstić information content (AvgIpc) is 2.35. The van der Waals surface area contributed by atoms with Crippen molar-refractivity contribution in [2.24, 2.45) is 0 Å². The number of nitrogens with zero attached hydrogens (tertiary/aromatic N) is 1. The van der Waals surface area contributed by atoms with Gasteiger partial charge in [-0.3, -0.25) is 0 Å². The van der Waals surface area contributed by atoms with Crippen LogP contribution in [0.1, 0.15) is 40.2 Å². The van der Waals surface area contributed by atoms with Gasteiger partial charge in [-0.25, -0.2) is 0 Å². The third kappa shape index (κ3) is 3.74. The summed E-state index contributed by atoms with van der Waals surface area (Å²) in [4.78, 5) is 2.48. The van der Waals surface area contributed by atoms with E-state index in [1.54, 1.807) is 0 Å². The Balaban J connectivity index is 2.23. The van der Waals surface area contributed by atoms with Crippen LogP contribution in [0.3, 0.4) is 0 Å². The van der Waals surface area contributed by atoms with Gasteiger partial charge in [0.2, 0.25) is 0 Å². The number of para-hydroxylation sites is 1. The monoisotopic (exact) mass is 276 g/mol. The predicted octanol–water partition coefficient (Wildman–Crippen LogP) is 3.19. The summed E-state index contributed by atoms with van der Waals surface area (Å²) in [7, 11) is 0. The van der Waals surface area contributed by atoms with Crippen LogP contribution in [0.25, 0.3) is 0 Å². The van der Waals surface area contributed by atoms with E-state index < -0.39 is 0 Å². The first-order chi connectivity index (χ1) is 9.30. The summed E-state index contributed by atoms with van der Waals surface area (Å²) >= 11 is 0. The molecule has 0 aromatic heterocycles. The van der Waals surface area contributed by atoms with E-state index >= 15 is 0 Å². The first-order valence-electron chi connectivity index (χ1n) is 7.48. The van der Waals surface area contributed by atoms with Gasteiger partial charge in [-0.05, 0) is 46.2 Å². The minimum Gasteiger partial charge on any atom is -0.377 e. The molecule has 1 aromatic carbocycles. The normalized spacial score (nSPS) is 19.1. The van der Waals surface area contributed by atoms with Crippen LogP contribution in [0, 0.1) is 0 Å². The molecule has 1 aliphatic heterocycles. The van der Waals surface area contributed by atoms with Crippen LogP contribution in [0.4, 0.5) is 5.69 Å². The van der Waals surface area contributed by atoms with Gasteiger partial charge in [-0.2, -0.15) is 0 Å². The summed E-state index contributed by atoms with van der Waals surface area (Å²) in [5.74, 6) is 0. The zero-order chi connectivity index (χ0) is 14.8. The third-order valence-corrected chi connectivity index (χ3v) is 3.74. The maximum absolute atomic E-state index is 5.63. The van der Waals surface area contributed by atoms with Crippen molar-refractivity contribution in [1.82, 2.24) is 5.32 Å². The quantitative estimate of drug-likeness (QED) is 0.917. The van der Waals surface area contributed by atoms with E-state index in [2.05, 4.69) is 69.1 Å². The molecule has 1 aromatic rings. The van der Waals surface area contributed by atoms with E-state index in [-0.39, 0.29) is 11.1 Å². The van der Waals surface area contributed by atoms with Crippen molar-refractivity contribution in [2.45, 2.75) is 52.2 Å². The summed E-state index contributed by atoms with van der Waals surface area (Å²) < 4.78 is 5.63. The molecular formula is C17H28N2O. The highest BCUT2D eigenvalue weighted by molar-refractivity contribution is 5.56. The van der Waals surface area contributed by atoms with Gasteiger partial charge in [0, 0.05) is 24.3 Å². The Bertz CT molecular complexity index is 449. The molecule has 0 unspecified atom stereocenters. The topological polar surface area (TPSA) is 24.5 Å². The van der Waals surface area contributed by atoms with Gasteiger partial charge >= 0.3 is 0 Å². The molecule has 20 heavy (non-hydrogen) atoms. The van der Waals surface area contributed by atoms with Gasteiger partial charge in [0.15, 0.2) is 0 Å². The maximum atomic E-state index is 5.63. The minimum atomic E-state index is 0.0517. The lowest BCUT2D eigenvalue weighted by Crippen LogP contribution is -2.53. The van der Waals surface area contributed by atoms with Crippen LogP contribution < -0.4 is 10.2 Å². The molecule has 1 N–H and O–H groups in total. The number of morpholine rings is 1. The third-order valence-electron chi connectivity index (χ3n) is 3.74. The molecule has 0 spiro atoms. The molecule has 1 heterocycles. The van der Waals surface area contributed by atoms with Gasteiger partial charge in [0.1, 0.15) is 0 Å². The molecule has 112 valence electrons. The summed E-state index contributed by atoms with van der Waals surface area (Å²) in [6, 6.07) is 8.70. The van der Waals surface area contributed by atoms with Gasteiger partial charge in [0.25, 0.3) is 0 Å². The number of rotatable bonds is 3. The minimum absolute atomic E-state index is 0.0517. The van der Waals surface area contributed by atoms with E-state index in [1.165, 1.54) is 11.3 Å². The molecule has 1 aliphatic rings. The van der Waals surface area contributed by atoms with E-state index in [1.807, 2.05) is 0 Å². The fourth-order valence-corrected chi connectivity index (χ4v) is 2.59. The second-order valence-corrected chi connectivity index (χ2v) is 7.25. The number of benzene rings is 1. The van der Waals surface area contributed by atoms with Crippen molar-refractivity contribution in [2.75, 3.05) is 24.7 Å². The molecule has 0 radical (unpaired) electrons. The average molecular weight is 276 g/mol. The van der Waals surface area contributed by atoms with Crippen LogP contribution in [-0.2, 0) is 11.3 Å². The fourth-order valence-electron chi connectivity index (χ4n) is 2.59. The van der Waals surface area contributed by atoms with Crippen molar-refractivity contribution in [1.29, 1.82) is 0 Å². The number of hydrogen-bond donors (Lipinski definition) is 1. The van der Waals surface area contributed by atoms with Crippen molar-refractivity contribution >= 4 is 5.69 Å². The molecule has 0 aliphatic carbocycles. The highest BCUT2D eigenvalue weighted by atomic mass is 16.5. The lowest BCUT2D eigenvalue weighted by molar-refractivity contribution is 0.0643. The lowest BCUT2D eigenvalue weighted by atomic mass is 9.99. The van der Waals surface area contributed by atoms with Gasteiger partial charge in [0.05, 0.1) is 18.8 Å². The highest BCUT2D eigenvalue weighted by Gasteiger charge is 2.31. The first kappa shape index (κ1) is 15.3. The number of hydrogen-bond acceptors (Lipinski definition) is 3. The Morgan fingerprint density at radius 3 is 2.60 bits per heavy atom. The molecule has 3 heteroatoms. The van der Waals surface area contributed by atoms with Crippen LogP contribution in [0.15, 0.2) is 24.3 Å². The number of nitrogens with one attached hydrogen (secondary N) is 1. The molecule has 2 rings (SSSR count). The van der Waals surface area contributed by atoms with Crippen LogP contribution in [0.5, 0.6) is 0 Å². The number of anilines is 1. The van der Waals surface area contributed by atoms with Crippen LogP contribution in [-0.4, -0.2) is 30.8 Å². The second kappa shape index (κ2) is 5.74. The molecular weight excluding hydrogens is 248 g/mol. The molecule has 3 nitrogen and oxygen atoms in total. The van der Waals surface area contributed by atoms with Crippen molar-refractivity contribution in [3.8, 4) is 0 Å². The molecule has 0 amide bonds. The van der Waals surface area contributed by atoms with Crippen molar-refractivity contribution < 1.29 is 4.74 Å². The molecule has 0 atom stereocenters. The number of ether oxygens (including phenoxy) is 1. The van der Waals surface area contributed by atoms with E-state index in [0.717, 1.165) is 26.3 Å². The molecule has 1 fully saturated rings. The zero-order valence-electron chi connectivity index (χ0n) is 13.5. The molecule has 0 bridgehead atoms. The van der Waals surface area contributed by atoms with Crippen molar-refractivity contribution in [3.63, 3.8) is 0 Å². The Morgan fingerprint density at radius 1 is 1.25 bits per heavy atom. The molecule has 0 saturated carbocycles. The largest absolute Gasteiger partial charge is 0.377 e. The Morgan fingerprint density at radius 2 is 1.95 bits per heavy atom. The molecule has 1 saturated heterocycles. The first-order valence-corrected chi connectivity index (χ1v) is 7.48. The van der Waals surface area contributed by atoms with Crippen LogP contribution >= 0.6 is 0 Å². The van der Waals surface area contributed by atoms with Gasteiger partial charge in [-0.15, -0.1) is 0 Å². The predicted molar refractivity (Wildman–Crippen MR) is 85.3 cm³/mol. The summed E-state index contributed by atoms with van der Waals surface area (Å²) in [5.41, 5.74) is 2.87. The Labute approximate surface area is 123 Å². The summed E-state index contributed by atoms with van der Waals surface area (Å²) in [5, 5.41) is 3.59. The summed E-state index contributed by atoms with van der Waals surface area (Å²) in [6.07, 6.45) is 0. The summed E-state index contributed by atoms with van der Waals surface area (Å²) in [6.45, 7) is 14.6.